The third-order valence-electron chi connectivity index (χ3n) is 6.91. The summed E-state index contributed by atoms with van der Waals surface area (Å²) in [4.78, 5) is 2.51. The van der Waals surface area contributed by atoms with Crippen molar-refractivity contribution in [2.75, 3.05) is 11.9 Å². The SMILES string of the molecule is C#Cc1cccc(C23CCC(N(CCC)C(=C)Nc4ccc(C)cc4)CC2C3)c1. The Morgan fingerprint density at radius 1 is 1.28 bits per heavy atom. The summed E-state index contributed by atoms with van der Waals surface area (Å²) in [6, 6.07) is 17.8. The van der Waals surface area contributed by atoms with E-state index in [2.05, 4.69) is 79.0 Å². The fourth-order valence-corrected chi connectivity index (χ4v) is 5.22. The van der Waals surface area contributed by atoms with Crippen LogP contribution in [0.4, 0.5) is 5.69 Å². The first kappa shape index (κ1) is 19.6. The van der Waals surface area contributed by atoms with Gasteiger partial charge in [0.25, 0.3) is 0 Å². The second-order valence-corrected chi connectivity index (χ2v) is 8.84. The zero-order chi connectivity index (χ0) is 20.4. The number of anilines is 1. The maximum Gasteiger partial charge on any atom is 0.0985 e. The van der Waals surface area contributed by atoms with Crippen LogP contribution in [0, 0.1) is 25.2 Å². The fraction of sp³-hybridized carbons (Fsp3) is 0.407. The van der Waals surface area contributed by atoms with Crippen LogP contribution in [0.25, 0.3) is 0 Å². The van der Waals surface area contributed by atoms with Gasteiger partial charge in [-0.05, 0) is 80.2 Å². The molecule has 2 heteroatoms. The monoisotopic (exact) mass is 384 g/mol. The average Bonchev–Trinajstić information content (AvgIpc) is 3.48. The van der Waals surface area contributed by atoms with Gasteiger partial charge in [0.1, 0.15) is 0 Å². The van der Waals surface area contributed by atoms with Gasteiger partial charge in [-0.1, -0.05) is 49.3 Å². The lowest BCUT2D eigenvalue weighted by atomic mass is 9.80. The molecule has 4 rings (SSSR count). The van der Waals surface area contributed by atoms with Crippen LogP contribution in [0.15, 0.2) is 60.9 Å². The molecule has 0 radical (unpaired) electrons. The van der Waals surface area contributed by atoms with Crippen molar-refractivity contribution in [3.05, 3.63) is 77.6 Å². The summed E-state index contributed by atoms with van der Waals surface area (Å²) in [5.41, 5.74) is 5.22. The average molecular weight is 385 g/mol. The van der Waals surface area contributed by atoms with Gasteiger partial charge < -0.3 is 10.2 Å². The van der Waals surface area contributed by atoms with Crippen molar-refractivity contribution in [2.24, 2.45) is 5.92 Å². The van der Waals surface area contributed by atoms with E-state index in [9.17, 15) is 0 Å². The van der Waals surface area contributed by atoms with Crippen LogP contribution in [0.5, 0.6) is 0 Å². The first-order chi connectivity index (χ1) is 14.1. The topological polar surface area (TPSA) is 15.3 Å². The molecule has 0 heterocycles. The highest BCUT2D eigenvalue weighted by Gasteiger charge is 2.58. The van der Waals surface area contributed by atoms with Gasteiger partial charge in [0.15, 0.2) is 0 Å². The summed E-state index contributed by atoms with van der Waals surface area (Å²) in [7, 11) is 0. The van der Waals surface area contributed by atoms with Gasteiger partial charge in [-0.3, -0.25) is 0 Å². The minimum atomic E-state index is 0.368. The molecule has 2 aliphatic carbocycles. The Hall–Kier alpha value is -2.66. The smallest absolute Gasteiger partial charge is 0.0985 e. The van der Waals surface area contributed by atoms with Crippen LogP contribution in [0.2, 0.25) is 0 Å². The van der Waals surface area contributed by atoms with Gasteiger partial charge in [0.05, 0.1) is 5.82 Å². The van der Waals surface area contributed by atoms with E-state index in [4.69, 9.17) is 6.42 Å². The number of rotatable bonds is 7. The first-order valence-corrected chi connectivity index (χ1v) is 10.9. The van der Waals surface area contributed by atoms with E-state index in [0.717, 1.165) is 36.0 Å². The predicted octanol–water partition coefficient (Wildman–Crippen LogP) is 6.08. The summed E-state index contributed by atoms with van der Waals surface area (Å²) >= 11 is 0. The zero-order valence-corrected chi connectivity index (χ0v) is 17.7. The van der Waals surface area contributed by atoms with Crippen LogP contribution < -0.4 is 5.32 Å². The van der Waals surface area contributed by atoms with Crippen molar-refractivity contribution >= 4 is 5.69 Å². The van der Waals surface area contributed by atoms with Crippen molar-refractivity contribution in [3.8, 4) is 12.3 Å². The lowest BCUT2D eigenvalue weighted by molar-refractivity contribution is 0.189. The van der Waals surface area contributed by atoms with Crippen molar-refractivity contribution in [1.29, 1.82) is 0 Å². The molecule has 2 aromatic rings. The molecule has 0 amide bonds. The van der Waals surface area contributed by atoms with Gasteiger partial charge in [0.2, 0.25) is 0 Å². The first-order valence-electron chi connectivity index (χ1n) is 10.9. The lowest BCUT2D eigenvalue weighted by Crippen LogP contribution is -2.40. The molecule has 2 nitrogen and oxygen atoms in total. The molecule has 1 N–H and O–H groups in total. The van der Waals surface area contributed by atoms with Gasteiger partial charge in [-0.15, -0.1) is 6.42 Å². The number of terminal acetylenes is 1. The van der Waals surface area contributed by atoms with E-state index < -0.39 is 0 Å². The largest absolute Gasteiger partial charge is 0.356 e. The van der Waals surface area contributed by atoms with Crippen LogP contribution in [-0.2, 0) is 5.41 Å². The minimum Gasteiger partial charge on any atom is -0.356 e. The maximum absolute atomic E-state index is 5.63. The second-order valence-electron chi connectivity index (χ2n) is 8.84. The van der Waals surface area contributed by atoms with Crippen LogP contribution in [0.1, 0.15) is 55.7 Å². The van der Waals surface area contributed by atoms with Crippen molar-refractivity contribution < 1.29 is 0 Å². The summed E-state index contributed by atoms with van der Waals surface area (Å²) < 4.78 is 0. The Bertz CT molecular complexity index is 920. The Kier molecular flexibility index (Phi) is 5.41. The Morgan fingerprint density at radius 3 is 2.76 bits per heavy atom. The standard InChI is InChI=1S/C27H32N2/c1-5-16-29(21(4)28-25-12-10-20(3)11-13-25)26-14-15-27(19-24(27)18-26)23-9-7-8-22(6-2)17-23/h2,7-13,17,24,26,28H,4-5,14-16,18-19H2,1,3H3. The highest BCUT2D eigenvalue weighted by atomic mass is 15.3. The second kappa shape index (κ2) is 7.99. The molecular weight excluding hydrogens is 352 g/mol. The minimum absolute atomic E-state index is 0.368. The van der Waals surface area contributed by atoms with E-state index in [1.54, 1.807) is 0 Å². The fourth-order valence-electron chi connectivity index (χ4n) is 5.22. The molecule has 2 saturated carbocycles. The maximum atomic E-state index is 5.63. The van der Waals surface area contributed by atoms with E-state index in [-0.39, 0.29) is 0 Å². The van der Waals surface area contributed by atoms with Crippen LogP contribution in [-0.4, -0.2) is 17.5 Å². The molecule has 0 aliphatic heterocycles. The normalized spacial score (nSPS) is 24.9. The van der Waals surface area contributed by atoms with Gasteiger partial charge >= 0.3 is 0 Å². The van der Waals surface area contributed by atoms with Gasteiger partial charge in [0, 0.05) is 23.8 Å². The number of aryl methyl sites for hydroxylation is 1. The van der Waals surface area contributed by atoms with E-state index in [0.29, 0.717) is 11.5 Å². The Morgan fingerprint density at radius 2 is 2.07 bits per heavy atom. The van der Waals surface area contributed by atoms with Gasteiger partial charge in [-0.25, -0.2) is 0 Å². The summed E-state index contributed by atoms with van der Waals surface area (Å²) in [6.45, 7) is 9.81. The number of benzene rings is 2. The van der Waals surface area contributed by atoms with Crippen LogP contribution in [0.3, 0.4) is 0 Å². The third-order valence-corrected chi connectivity index (χ3v) is 6.91. The molecule has 2 aliphatic rings. The molecule has 2 aromatic carbocycles. The molecule has 0 bridgehead atoms. The zero-order valence-electron chi connectivity index (χ0n) is 17.7. The number of fused-ring (bicyclic) bond motifs is 1. The van der Waals surface area contributed by atoms with Crippen molar-refractivity contribution in [1.82, 2.24) is 4.90 Å². The quantitative estimate of drug-likeness (QED) is 0.582. The number of hydrogen-bond donors (Lipinski definition) is 1. The van der Waals surface area contributed by atoms with Crippen molar-refractivity contribution in [2.45, 2.75) is 57.4 Å². The van der Waals surface area contributed by atoms with E-state index in [1.807, 2.05) is 6.07 Å². The van der Waals surface area contributed by atoms with Gasteiger partial charge in [-0.2, -0.15) is 0 Å². The molecule has 0 spiro atoms. The number of nitrogens with zero attached hydrogens (tertiary/aromatic N) is 1. The van der Waals surface area contributed by atoms with E-state index in [1.165, 1.54) is 36.8 Å². The van der Waals surface area contributed by atoms with Crippen molar-refractivity contribution in [3.63, 3.8) is 0 Å². The third kappa shape index (κ3) is 3.92. The Labute approximate surface area is 176 Å². The Balaban J connectivity index is 1.44. The molecule has 0 saturated heterocycles. The predicted molar refractivity (Wildman–Crippen MR) is 123 cm³/mol. The number of nitrogens with one attached hydrogen (secondary N) is 1. The van der Waals surface area contributed by atoms with E-state index >= 15 is 0 Å². The molecule has 29 heavy (non-hydrogen) atoms. The lowest BCUT2D eigenvalue weighted by Gasteiger charge is -2.39. The summed E-state index contributed by atoms with van der Waals surface area (Å²) in [5.74, 6) is 4.59. The highest BCUT2D eigenvalue weighted by Crippen LogP contribution is 2.63. The molecular formula is C27H32N2. The molecule has 0 aromatic heterocycles. The molecule has 3 atom stereocenters. The highest BCUT2D eigenvalue weighted by molar-refractivity contribution is 5.48. The van der Waals surface area contributed by atoms with Crippen LogP contribution >= 0.6 is 0 Å². The molecule has 150 valence electrons. The molecule has 2 fully saturated rings. The number of hydrogen-bond acceptors (Lipinski definition) is 2. The molecule has 3 unspecified atom stereocenters. The summed E-state index contributed by atoms with van der Waals surface area (Å²) in [6.07, 6.45) is 11.8. The summed E-state index contributed by atoms with van der Waals surface area (Å²) in [5, 5.41) is 3.55.